The summed E-state index contributed by atoms with van der Waals surface area (Å²) >= 11 is 5.85. The number of halogens is 1. The number of amides is 1. The summed E-state index contributed by atoms with van der Waals surface area (Å²) < 4.78 is 25.4. The average Bonchev–Trinajstić information content (AvgIpc) is 2.52. The molecule has 1 fully saturated rings. The highest BCUT2D eigenvalue weighted by atomic mass is 35.5. The number of anilines is 1. The molecule has 0 bridgehead atoms. The third kappa shape index (κ3) is 4.61. The number of hydrogen-bond acceptors (Lipinski definition) is 3. The van der Waals surface area contributed by atoms with Gasteiger partial charge >= 0.3 is 0 Å². The maximum absolute atomic E-state index is 12.7. The van der Waals surface area contributed by atoms with Crippen molar-refractivity contribution in [1.29, 1.82) is 0 Å². The molecular formula is C16H23ClN2O3S. The van der Waals surface area contributed by atoms with E-state index in [-0.39, 0.29) is 18.5 Å². The first-order valence-electron chi connectivity index (χ1n) is 7.85. The monoisotopic (exact) mass is 358 g/mol. The second kappa shape index (κ2) is 7.53. The summed E-state index contributed by atoms with van der Waals surface area (Å²) in [6.07, 6.45) is 5.09. The van der Waals surface area contributed by atoms with Crippen LogP contribution in [-0.2, 0) is 14.8 Å². The van der Waals surface area contributed by atoms with Gasteiger partial charge < -0.3 is 4.90 Å². The highest BCUT2D eigenvalue weighted by molar-refractivity contribution is 7.92. The summed E-state index contributed by atoms with van der Waals surface area (Å²) in [5, 5.41) is 0.524. The minimum atomic E-state index is -3.55. The van der Waals surface area contributed by atoms with Gasteiger partial charge in [-0.25, -0.2) is 8.42 Å². The van der Waals surface area contributed by atoms with Crippen LogP contribution in [-0.4, -0.2) is 44.6 Å². The van der Waals surface area contributed by atoms with E-state index >= 15 is 0 Å². The summed E-state index contributed by atoms with van der Waals surface area (Å²) in [5.41, 5.74) is 0.454. The van der Waals surface area contributed by atoms with Gasteiger partial charge in [0.15, 0.2) is 0 Å². The number of likely N-dealkylation sites (tertiary alicyclic amines) is 1. The van der Waals surface area contributed by atoms with Crippen molar-refractivity contribution >= 4 is 33.2 Å². The molecular weight excluding hydrogens is 336 g/mol. The van der Waals surface area contributed by atoms with Gasteiger partial charge in [0.2, 0.25) is 15.9 Å². The molecule has 0 aliphatic carbocycles. The highest BCUT2D eigenvalue weighted by Gasteiger charge is 2.29. The first-order chi connectivity index (χ1) is 10.8. The normalized spacial score (nSPS) is 18.7. The van der Waals surface area contributed by atoms with Gasteiger partial charge in [-0.2, -0.15) is 0 Å². The SMILES string of the molecule is CCC1CCCCN1C(=O)CN(c1ccc(Cl)cc1)S(C)(=O)=O. The van der Waals surface area contributed by atoms with Crippen LogP contribution >= 0.6 is 11.6 Å². The molecule has 23 heavy (non-hydrogen) atoms. The third-order valence-corrected chi connectivity index (χ3v) is 5.61. The van der Waals surface area contributed by atoms with E-state index < -0.39 is 10.0 Å². The number of nitrogens with zero attached hydrogens (tertiary/aromatic N) is 2. The Morgan fingerprint density at radius 2 is 1.96 bits per heavy atom. The second-order valence-electron chi connectivity index (χ2n) is 5.89. The van der Waals surface area contributed by atoms with Crippen LogP contribution in [0.25, 0.3) is 0 Å². The average molecular weight is 359 g/mol. The Hall–Kier alpha value is -1.27. The minimum absolute atomic E-state index is 0.142. The zero-order chi connectivity index (χ0) is 17.0. The van der Waals surface area contributed by atoms with Crippen molar-refractivity contribution in [3.05, 3.63) is 29.3 Å². The molecule has 0 N–H and O–H groups in total. The molecule has 1 atom stereocenters. The predicted octanol–water partition coefficient (Wildman–Crippen LogP) is 2.90. The molecule has 1 heterocycles. The Bertz CT molecular complexity index is 646. The predicted molar refractivity (Wildman–Crippen MR) is 93.3 cm³/mol. The van der Waals surface area contributed by atoms with Gasteiger partial charge in [-0.1, -0.05) is 18.5 Å². The molecule has 0 radical (unpaired) electrons. The van der Waals surface area contributed by atoms with E-state index in [1.165, 1.54) is 0 Å². The number of piperidine rings is 1. The van der Waals surface area contributed by atoms with Crippen LogP contribution in [0.5, 0.6) is 0 Å². The van der Waals surface area contributed by atoms with Crippen molar-refractivity contribution in [2.75, 3.05) is 23.7 Å². The van der Waals surface area contributed by atoms with E-state index in [2.05, 4.69) is 6.92 Å². The van der Waals surface area contributed by atoms with E-state index in [0.717, 1.165) is 36.2 Å². The van der Waals surface area contributed by atoms with Crippen LogP contribution in [0.1, 0.15) is 32.6 Å². The van der Waals surface area contributed by atoms with E-state index in [1.807, 2.05) is 4.90 Å². The van der Waals surface area contributed by atoms with Gasteiger partial charge in [0, 0.05) is 17.6 Å². The number of sulfonamides is 1. The maximum Gasteiger partial charge on any atom is 0.243 e. The van der Waals surface area contributed by atoms with Gasteiger partial charge in [-0.15, -0.1) is 0 Å². The lowest BCUT2D eigenvalue weighted by Gasteiger charge is -2.36. The first kappa shape index (κ1) is 18.1. The van der Waals surface area contributed by atoms with Crippen molar-refractivity contribution < 1.29 is 13.2 Å². The number of rotatable bonds is 5. The molecule has 1 aliphatic heterocycles. The number of carbonyl (C=O) groups is 1. The van der Waals surface area contributed by atoms with E-state index in [9.17, 15) is 13.2 Å². The molecule has 128 valence electrons. The van der Waals surface area contributed by atoms with Crippen molar-refractivity contribution in [2.24, 2.45) is 0 Å². The molecule has 2 rings (SSSR count). The Morgan fingerprint density at radius 1 is 1.30 bits per heavy atom. The molecule has 0 aromatic heterocycles. The Balaban J connectivity index is 2.21. The molecule has 1 saturated heterocycles. The summed E-state index contributed by atoms with van der Waals surface area (Å²) in [5.74, 6) is -0.142. The van der Waals surface area contributed by atoms with E-state index in [1.54, 1.807) is 24.3 Å². The summed E-state index contributed by atoms with van der Waals surface area (Å²) in [7, 11) is -3.55. The molecule has 1 amide bonds. The summed E-state index contributed by atoms with van der Waals surface area (Å²) in [4.78, 5) is 14.5. The molecule has 0 saturated carbocycles. The Labute approximate surface area is 143 Å². The van der Waals surface area contributed by atoms with Gasteiger partial charge in [-0.05, 0) is 49.9 Å². The molecule has 1 aromatic rings. The van der Waals surface area contributed by atoms with Crippen LogP contribution in [0.2, 0.25) is 5.02 Å². The fourth-order valence-corrected chi connectivity index (χ4v) is 3.95. The van der Waals surface area contributed by atoms with Crippen molar-refractivity contribution in [3.8, 4) is 0 Å². The fraction of sp³-hybridized carbons (Fsp3) is 0.562. The van der Waals surface area contributed by atoms with Crippen LogP contribution < -0.4 is 4.31 Å². The third-order valence-electron chi connectivity index (χ3n) is 4.21. The molecule has 7 heteroatoms. The minimum Gasteiger partial charge on any atom is -0.338 e. The van der Waals surface area contributed by atoms with E-state index in [4.69, 9.17) is 11.6 Å². The molecule has 0 spiro atoms. The fourth-order valence-electron chi connectivity index (χ4n) is 2.97. The second-order valence-corrected chi connectivity index (χ2v) is 8.23. The molecule has 1 unspecified atom stereocenters. The number of hydrogen-bond donors (Lipinski definition) is 0. The van der Waals surface area contributed by atoms with Gasteiger partial charge in [0.1, 0.15) is 6.54 Å². The van der Waals surface area contributed by atoms with Crippen molar-refractivity contribution in [3.63, 3.8) is 0 Å². The largest absolute Gasteiger partial charge is 0.338 e. The van der Waals surface area contributed by atoms with Crippen molar-refractivity contribution in [1.82, 2.24) is 4.90 Å². The lowest BCUT2D eigenvalue weighted by molar-refractivity contribution is -0.133. The van der Waals surface area contributed by atoms with Crippen LogP contribution in [0.15, 0.2) is 24.3 Å². The lowest BCUT2D eigenvalue weighted by Crippen LogP contribution is -2.48. The molecule has 5 nitrogen and oxygen atoms in total. The van der Waals surface area contributed by atoms with Crippen LogP contribution in [0, 0.1) is 0 Å². The standard InChI is InChI=1S/C16H23ClN2O3S/c1-3-14-6-4-5-11-18(14)16(20)12-19(23(2,21)22)15-9-7-13(17)8-10-15/h7-10,14H,3-6,11-12H2,1-2H3. The van der Waals surface area contributed by atoms with Crippen molar-refractivity contribution in [2.45, 2.75) is 38.6 Å². The summed E-state index contributed by atoms with van der Waals surface area (Å²) in [6.45, 7) is 2.59. The zero-order valence-electron chi connectivity index (χ0n) is 13.5. The highest BCUT2D eigenvalue weighted by Crippen LogP contribution is 2.23. The Morgan fingerprint density at radius 3 is 2.52 bits per heavy atom. The van der Waals surface area contributed by atoms with Crippen LogP contribution in [0.4, 0.5) is 5.69 Å². The molecule has 1 aliphatic rings. The smallest absolute Gasteiger partial charge is 0.243 e. The van der Waals surface area contributed by atoms with Gasteiger partial charge in [-0.3, -0.25) is 9.10 Å². The van der Waals surface area contributed by atoms with Gasteiger partial charge in [0.05, 0.1) is 11.9 Å². The van der Waals surface area contributed by atoms with Crippen LogP contribution in [0.3, 0.4) is 0 Å². The summed E-state index contributed by atoms with van der Waals surface area (Å²) in [6, 6.07) is 6.68. The quantitative estimate of drug-likeness (QED) is 0.813. The number of benzene rings is 1. The topological polar surface area (TPSA) is 57.7 Å². The van der Waals surface area contributed by atoms with Gasteiger partial charge in [0.25, 0.3) is 0 Å². The Kier molecular flexibility index (Phi) is 5.92. The molecule has 1 aromatic carbocycles. The zero-order valence-corrected chi connectivity index (χ0v) is 15.1. The lowest BCUT2D eigenvalue weighted by atomic mass is 10.00. The maximum atomic E-state index is 12.7. The number of carbonyl (C=O) groups excluding carboxylic acids is 1. The first-order valence-corrected chi connectivity index (χ1v) is 10.1. The van der Waals surface area contributed by atoms with E-state index in [0.29, 0.717) is 17.3 Å².